The van der Waals surface area contributed by atoms with Crippen molar-refractivity contribution in [3.05, 3.63) is 53.6 Å². The molecule has 0 radical (unpaired) electrons. The second kappa shape index (κ2) is 5.27. The minimum atomic E-state index is -0.440. The van der Waals surface area contributed by atoms with Gasteiger partial charge in [0.05, 0.1) is 12.1 Å². The maximum Gasteiger partial charge on any atom is 0.178 e. The van der Waals surface area contributed by atoms with Gasteiger partial charge in [-0.2, -0.15) is 4.52 Å². The van der Waals surface area contributed by atoms with Gasteiger partial charge in [0.1, 0.15) is 11.6 Å². The monoisotopic (exact) mass is 313 g/mol. The molecule has 6 nitrogen and oxygen atoms in total. The summed E-state index contributed by atoms with van der Waals surface area (Å²) in [4.78, 5) is 2.04. The standard InChI is InChI=1S/C16H16FN5O/c1-10-18-19-15-6-7-16(20-22(10)15)21-9-13(23)8-14(21)11-2-4-12(17)5-3-11/h2-7,13-14,23H,8-9H2,1H3/t13-,14-/m0/s1. The van der Waals surface area contributed by atoms with Crippen LogP contribution < -0.4 is 4.90 Å². The fourth-order valence-electron chi connectivity index (χ4n) is 3.11. The molecule has 0 amide bonds. The lowest BCUT2D eigenvalue weighted by molar-refractivity contribution is 0.194. The summed E-state index contributed by atoms with van der Waals surface area (Å²) in [5, 5.41) is 22.7. The number of rotatable bonds is 2. The van der Waals surface area contributed by atoms with Crippen LogP contribution in [0.5, 0.6) is 0 Å². The lowest BCUT2D eigenvalue weighted by atomic mass is 10.0. The van der Waals surface area contributed by atoms with E-state index in [4.69, 9.17) is 0 Å². The molecule has 7 heteroatoms. The van der Waals surface area contributed by atoms with Gasteiger partial charge in [-0.25, -0.2) is 4.39 Å². The average molecular weight is 313 g/mol. The molecule has 118 valence electrons. The van der Waals surface area contributed by atoms with E-state index in [-0.39, 0.29) is 11.9 Å². The number of nitrogens with zero attached hydrogens (tertiary/aromatic N) is 5. The van der Waals surface area contributed by atoms with Crippen molar-refractivity contribution in [2.75, 3.05) is 11.4 Å². The molecule has 1 aliphatic heterocycles. The van der Waals surface area contributed by atoms with Gasteiger partial charge in [0, 0.05) is 6.54 Å². The minimum Gasteiger partial charge on any atom is -0.391 e. The summed E-state index contributed by atoms with van der Waals surface area (Å²) in [6.07, 6.45) is 0.150. The van der Waals surface area contributed by atoms with Crippen LogP contribution in [0.3, 0.4) is 0 Å². The summed E-state index contributed by atoms with van der Waals surface area (Å²) >= 11 is 0. The van der Waals surface area contributed by atoms with Gasteiger partial charge in [0.15, 0.2) is 11.5 Å². The van der Waals surface area contributed by atoms with Crippen molar-refractivity contribution in [2.45, 2.75) is 25.5 Å². The molecule has 4 rings (SSSR count). The van der Waals surface area contributed by atoms with E-state index in [0.29, 0.717) is 24.4 Å². The first-order valence-corrected chi connectivity index (χ1v) is 7.51. The highest BCUT2D eigenvalue weighted by molar-refractivity contribution is 5.49. The molecular weight excluding hydrogens is 297 g/mol. The first-order chi connectivity index (χ1) is 11.1. The third kappa shape index (κ3) is 2.43. The molecule has 1 fully saturated rings. The van der Waals surface area contributed by atoms with Crippen molar-refractivity contribution in [1.82, 2.24) is 19.8 Å². The Labute approximate surface area is 132 Å². The fourth-order valence-corrected chi connectivity index (χ4v) is 3.11. The lowest BCUT2D eigenvalue weighted by Gasteiger charge is -2.25. The van der Waals surface area contributed by atoms with E-state index in [1.165, 1.54) is 12.1 Å². The summed E-state index contributed by atoms with van der Waals surface area (Å²) in [7, 11) is 0. The molecule has 3 aromatic rings. The largest absolute Gasteiger partial charge is 0.391 e. The van der Waals surface area contributed by atoms with Crippen LogP contribution in [0.4, 0.5) is 10.2 Å². The fraction of sp³-hybridized carbons (Fsp3) is 0.312. The summed E-state index contributed by atoms with van der Waals surface area (Å²) < 4.78 is 14.8. The number of benzene rings is 1. The smallest absolute Gasteiger partial charge is 0.178 e. The maximum absolute atomic E-state index is 13.2. The zero-order chi connectivity index (χ0) is 16.0. The molecule has 0 aliphatic carbocycles. The summed E-state index contributed by atoms with van der Waals surface area (Å²) in [5.41, 5.74) is 1.65. The summed E-state index contributed by atoms with van der Waals surface area (Å²) in [6.45, 7) is 2.33. The van der Waals surface area contributed by atoms with Crippen molar-refractivity contribution in [1.29, 1.82) is 0 Å². The molecule has 0 spiro atoms. The number of halogens is 1. The van der Waals surface area contributed by atoms with Gasteiger partial charge < -0.3 is 10.0 Å². The maximum atomic E-state index is 13.2. The van der Waals surface area contributed by atoms with Crippen LogP contribution in [0.15, 0.2) is 36.4 Å². The Morgan fingerprint density at radius 2 is 1.91 bits per heavy atom. The predicted octanol–water partition coefficient (Wildman–Crippen LogP) is 1.88. The van der Waals surface area contributed by atoms with Crippen LogP contribution in [-0.2, 0) is 0 Å². The number of fused-ring (bicyclic) bond motifs is 1. The molecule has 23 heavy (non-hydrogen) atoms. The van der Waals surface area contributed by atoms with Gasteiger partial charge >= 0.3 is 0 Å². The average Bonchev–Trinajstić information content (AvgIpc) is 3.11. The van der Waals surface area contributed by atoms with Crippen LogP contribution in [0.25, 0.3) is 5.65 Å². The first-order valence-electron chi connectivity index (χ1n) is 7.51. The number of hydrogen-bond donors (Lipinski definition) is 1. The molecule has 1 saturated heterocycles. The van der Waals surface area contributed by atoms with Crippen molar-refractivity contribution < 1.29 is 9.50 Å². The van der Waals surface area contributed by atoms with Crippen molar-refractivity contribution in [2.24, 2.45) is 0 Å². The molecule has 0 bridgehead atoms. The third-order valence-electron chi connectivity index (χ3n) is 4.23. The summed E-state index contributed by atoms with van der Waals surface area (Å²) in [6, 6.07) is 10.1. The molecule has 1 N–H and O–H groups in total. The molecule has 1 aliphatic rings. The number of aliphatic hydroxyl groups excluding tert-OH is 1. The number of β-amino-alcohol motifs (C(OH)–C–C–N with tert-alkyl or cyclic N) is 1. The molecule has 1 aromatic carbocycles. The van der Waals surface area contributed by atoms with Gasteiger partial charge in [0.2, 0.25) is 0 Å². The number of aryl methyl sites for hydroxylation is 1. The van der Waals surface area contributed by atoms with Crippen molar-refractivity contribution in [3.8, 4) is 0 Å². The van der Waals surface area contributed by atoms with Gasteiger partial charge in [-0.3, -0.25) is 0 Å². The van der Waals surface area contributed by atoms with Crippen LogP contribution in [0, 0.1) is 12.7 Å². The Morgan fingerprint density at radius 1 is 1.13 bits per heavy atom. The van der Waals surface area contributed by atoms with E-state index in [1.807, 2.05) is 24.0 Å². The Bertz CT molecular complexity index is 847. The Balaban J connectivity index is 1.74. The second-order valence-electron chi connectivity index (χ2n) is 5.82. The molecule has 2 atom stereocenters. The zero-order valence-corrected chi connectivity index (χ0v) is 12.6. The predicted molar refractivity (Wildman–Crippen MR) is 82.6 cm³/mol. The van der Waals surface area contributed by atoms with E-state index >= 15 is 0 Å². The van der Waals surface area contributed by atoms with Gasteiger partial charge in [-0.1, -0.05) is 12.1 Å². The van der Waals surface area contributed by atoms with E-state index in [9.17, 15) is 9.50 Å². The van der Waals surface area contributed by atoms with E-state index in [2.05, 4.69) is 15.3 Å². The van der Waals surface area contributed by atoms with E-state index in [1.54, 1.807) is 16.6 Å². The molecule has 0 saturated carbocycles. The van der Waals surface area contributed by atoms with E-state index < -0.39 is 6.10 Å². The van der Waals surface area contributed by atoms with Crippen LogP contribution in [0.2, 0.25) is 0 Å². The Kier molecular flexibility index (Phi) is 3.23. The van der Waals surface area contributed by atoms with Crippen LogP contribution in [-0.4, -0.2) is 37.6 Å². The number of anilines is 1. The molecule has 3 heterocycles. The normalized spacial score (nSPS) is 21.3. The third-order valence-corrected chi connectivity index (χ3v) is 4.23. The quantitative estimate of drug-likeness (QED) is 0.782. The number of aromatic nitrogens is 4. The van der Waals surface area contributed by atoms with Crippen molar-refractivity contribution in [3.63, 3.8) is 0 Å². The SMILES string of the molecule is Cc1nnc2ccc(N3C[C@@H](O)C[C@H]3c3ccc(F)cc3)nn12. The topological polar surface area (TPSA) is 66.5 Å². The highest BCUT2D eigenvalue weighted by Crippen LogP contribution is 2.35. The number of aliphatic hydroxyl groups is 1. The first kappa shape index (κ1) is 14.1. The highest BCUT2D eigenvalue weighted by atomic mass is 19.1. The van der Waals surface area contributed by atoms with Gasteiger partial charge in [-0.05, 0) is 43.2 Å². The zero-order valence-electron chi connectivity index (χ0n) is 12.6. The highest BCUT2D eigenvalue weighted by Gasteiger charge is 2.33. The molecular formula is C16H16FN5O. The second-order valence-corrected chi connectivity index (χ2v) is 5.82. The van der Waals surface area contributed by atoms with Crippen LogP contribution >= 0.6 is 0 Å². The number of hydrogen-bond acceptors (Lipinski definition) is 5. The van der Waals surface area contributed by atoms with Gasteiger partial charge in [0.25, 0.3) is 0 Å². The minimum absolute atomic E-state index is 0.0349. The Morgan fingerprint density at radius 3 is 2.70 bits per heavy atom. The van der Waals surface area contributed by atoms with Gasteiger partial charge in [-0.15, -0.1) is 15.3 Å². The molecule has 2 aromatic heterocycles. The summed E-state index contributed by atoms with van der Waals surface area (Å²) in [5.74, 6) is 1.18. The Hall–Kier alpha value is -2.54. The van der Waals surface area contributed by atoms with Crippen LogP contribution in [0.1, 0.15) is 23.9 Å². The van der Waals surface area contributed by atoms with Crippen molar-refractivity contribution >= 4 is 11.5 Å². The van der Waals surface area contributed by atoms with E-state index in [0.717, 1.165) is 11.4 Å². The molecule has 0 unspecified atom stereocenters. The lowest BCUT2D eigenvalue weighted by Crippen LogP contribution is -2.25.